The van der Waals surface area contributed by atoms with Crippen LogP contribution < -0.4 is 52.1 Å². The minimum atomic E-state index is -1.12. The molecule has 122 heavy (non-hydrogen) atoms. The maximum absolute atomic E-state index is 13.1. The fourth-order valence-corrected chi connectivity index (χ4v) is 17.6. The van der Waals surface area contributed by atoms with E-state index in [-0.39, 0.29) is 152 Å². The van der Waals surface area contributed by atoms with Crippen LogP contribution >= 0.6 is 0 Å². The molecule has 42 nitrogen and oxygen atoms in total. The van der Waals surface area contributed by atoms with Gasteiger partial charge in [-0.3, -0.25) is 39.3 Å². The van der Waals surface area contributed by atoms with Gasteiger partial charge in [0.15, 0.2) is 34.3 Å². The van der Waals surface area contributed by atoms with Crippen LogP contribution in [-0.2, 0) is 14.2 Å². The van der Waals surface area contributed by atoms with Crippen molar-refractivity contribution in [3.05, 3.63) is 161 Å². The Morgan fingerprint density at radius 3 is 1.06 bits per heavy atom. The van der Waals surface area contributed by atoms with Crippen molar-refractivity contribution >= 4 is 87.4 Å². The number of ketones is 3. The molecule has 0 radical (unpaired) electrons. The number of ether oxygens (including phenoxy) is 3. The second kappa shape index (κ2) is 36.8. The van der Waals surface area contributed by atoms with Gasteiger partial charge in [0.05, 0.1) is 72.7 Å². The average molecular weight is 1680 g/mol. The molecule has 7 saturated heterocycles. The molecule has 19 heterocycles. The van der Waals surface area contributed by atoms with Gasteiger partial charge in [0.25, 0.3) is 11.8 Å². The van der Waals surface area contributed by atoms with Crippen LogP contribution in [0.15, 0.2) is 92.6 Å². The predicted molar refractivity (Wildman–Crippen MR) is 426 cm³/mol. The number of aromatic carboxylic acids is 2. The van der Waals surface area contributed by atoms with Crippen LogP contribution in [0.4, 0.5) is 17.5 Å². The van der Waals surface area contributed by atoms with Gasteiger partial charge in [-0.25, -0.2) is 64.0 Å². The molecule has 7 aliphatic rings. The van der Waals surface area contributed by atoms with Gasteiger partial charge in [0, 0.05) is 113 Å². The molecule has 10 atom stereocenters. The molecule has 7 fully saturated rings. The van der Waals surface area contributed by atoms with E-state index in [1.807, 2.05) is 9.80 Å². The van der Waals surface area contributed by atoms with E-state index in [4.69, 9.17) is 56.6 Å². The van der Waals surface area contributed by atoms with Crippen LogP contribution in [0.1, 0.15) is 247 Å². The number of H-pyrrole nitrogens is 3. The monoisotopic (exact) mass is 1680 g/mol. The number of fused-ring (bicyclic) bond motifs is 9. The number of pyridine rings is 3. The van der Waals surface area contributed by atoms with Crippen LogP contribution in [0, 0.1) is 0 Å². The quantitative estimate of drug-likeness (QED) is 0.0400. The molecule has 43 heteroatoms. The summed E-state index contributed by atoms with van der Waals surface area (Å²) in [6.07, 6.45) is 26.5. The zero-order chi connectivity index (χ0) is 84.5. The molecular formula is C79H86N27NaO15. The van der Waals surface area contributed by atoms with E-state index in [0.717, 1.165) is 81.1 Å². The molecule has 0 spiro atoms. The van der Waals surface area contributed by atoms with E-state index in [9.17, 15) is 43.2 Å². The van der Waals surface area contributed by atoms with Crippen LogP contribution in [0.3, 0.4) is 0 Å². The Kier molecular flexibility index (Phi) is 26.2. The minimum Gasteiger partial charge on any atom is -0.870 e. The van der Waals surface area contributed by atoms with Crippen LogP contribution in [0.25, 0.3) is 50.3 Å². The number of carbonyl (C=O) groups excluding carboxylic acids is 7. The normalized spacial score (nSPS) is 20.8. The second-order valence-corrected chi connectivity index (χ2v) is 30.4. The smallest absolute Gasteiger partial charge is 0.870 e. The number of hydrogen-bond donors (Lipinski definition) is 9. The molecule has 2 amide bonds. The molecule has 12 aromatic heterocycles. The summed E-state index contributed by atoms with van der Waals surface area (Å²) in [5.74, 6) is -3.04. The fourth-order valence-electron chi connectivity index (χ4n) is 17.6. The first-order valence-electron chi connectivity index (χ1n) is 39.0. The number of nitrogens with two attached hydrogens (primary N) is 3. The number of Topliss-reactive ketones (excluding diaryl/α,β-unsaturated/α-hetero) is 3. The number of nitrogen functional groups attached to an aromatic ring is 3. The molecule has 4 unspecified atom stereocenters. The molecule has 0 aliphatic carbocycles. The topological polar surface area (TPSA) is 602 Å². The first-order chi connectivity index (χ1) is 57.9. The Labute approximate surface area is 715 Å². The maximum Gasteiger partial charge on any atom is 1.00 e. The van der Waals surface area contributed by atoms with E-state index in [1.54, 1.807) is 61.3 Å². The Morgan fingerprint density at radius 2 is 0.795 bits per heavy atom. The van der Waals surface area contributed by atoms with Gasteiger partial charge in [0.2, 0.25) is 17.5 Å². The van der Waals surface area contributed by atoms with Gasteiger partial charge in [-0.15, -0.1) is 0 Å². The van der Waals surface area contributed by atoms with Crippen molar-refractivity contribution in [3.8, 4) is 33.4 Å². The zero-order valence-corrected chi connectivity index (χ0v) is 69.5. The van der Waals surface area contributed by atoms with Crippen LogP contribution in [0.2, 0.25) is 0 Å². The molecule has 13 N–H and O–H groups in total. The van der Waals surface area contributed by atoms with E-state index in [0.29, 0.717) is 117 Å². The van der Waals surface area contributed by atoms with Crippen molar-refractivity contribution < 1.29 is 103 Å². The van der Waals surface area contributed by atoms with Gasteiger partial charge in [-0.2, -0.15) is 44.1 Å². The first-order valence-corrected chi connectivity index (χ1v) is 39.0. The Balaban J connectivity index is 0.000000145. The van der Waals surface area contributed by atoms with Crippen molar-refractivity contribution in [2.45, 2.75) is 178 Å². The summed E-state index contributed by atoms with van der Waals surface area (Å²) in [5.41, 5.74) is 28.5. The van der Waals surface area contributed by atoms with Crippen molar-refractivity contribution in [2.75, 3.05) is 38.0 Å². The summed E-state index contributed by atoms with van der Waals surface area (Å²) in [5, 5.41) is 52.5. The van der Waals surface area contributed by atoms with Crippen molar-refractivity contribution in [1.29, 1.82) is 0 Å². The van der Waals surface area contributed by atoms with Crippen molar-refractivity contribution in [1.82, 2.24) is 119 Å². The number of carbonyl (C=O) groups is 9. The summed E-state index contributed by atoms with van der Waals surface area (Å²) in [6.45, 7) is 7.56. The number of nitrogens with zero attached hydrogens (tertiary/aromatic N) is 20. The van der Waals surface area contributed by atoms with E-state index in [1.165, 1.54) is 86.3 Å². The molecular weight excluding hydrogens is 1590 g/mol. The number of anilines is 3. The Hall–Kier alpha value is -13.2. The van der Waals surface area contributed by atoms with Crippen LogP contribution in [-0.4, -0.2) is 246 Å². The summed E-state index contributed by atoms with van der Waals surface area (Å²) in [4.78, 5) is 151. The van der Waals surface area contributed by atoms with Crippen molar-refractivity contribution in [3.63, 3.8) is 0 Å². The molecule has 19 rings (SSSR count). The van der Waals surface area contributed by atoms with E-state index >= 15 is 0 Å². The van der Waals surface area contributed by atoms with Gasteiger partial charge in [-0.05, 0) is 136 Å². The number of piperidine rings is 3. The number of carboxylic acid groups (broad SMARTS) is 2. The van der Waals surface area contributed by atoms with E-state index < -0.39 is 23.9 Å². The van der Waals surface area contributed by atoms with Gasteiger partial charge < -0.3 is 62.2 Å². The molecule has 7 aliphatic heterocycles. The van der Waals surface area contributed by atoms with E-state index in [2.05, 4.69) is 88.0 Å². The van der Waals surface area contributed by atoms with Gasteiger partial charge in [-0.1, -0.05) is 18.2 Å². The maximum atomic E-state index is 13.1. The average Bonchev–Trinajstić information content (AvgIpc) is 1.53. The number of carboxylic acids is 2. The Morgan fingerprint density at radius 1 is 0.451 bits per heavy atom. The standard InChI is InChI=1S/C25H25N9O4.C24H23N9O4.C22H24N6O3.C5H10O.C3H3N3O2.Na.H2O/c1-12(35)19-20(14-7-15-4-5-16(8-14)33(15)24(36)22-28-11-29-32-22)31-23-17(10-30-34(23)21(19)26)13-3-6-18(27-9-13)25(37)38-2;1-11(34)18-19(13-6-14-3-4-15(7-13)32(14)23(35)21-27-10-28-31-21)30-22-16(9-29-33(22)20(18)25)12-2-5-17(24(36)37)26-8-12;1-11(29)18-19(13-7-14-4-5-15(8-13)26-14)27-21-16(10-25-28(21)20(18)23)12-3-6-17(24-9-12)22(30)31-2;1-5-3-2-4-6-5;7-3(8)2-4-1-5-6-2;;/h3,6,9-11,14-16H,4-5,7-8,26H2,1-2H3,(H,28,29,32);2,5,8-10,13-15H,3-4,6-7,25H2,1H3,(H,36,37)(H,27,28,31);3,6,9-10,13-15,26H,4-5,7-8,23H2,1-2H3;5H,2-4H2,1H3;1H,(H,7,8)(H,4,5,6);;1H2/q;;;;;+1;/p-1/t14?,15-,16+;2*13?,14-,15+;;;;. The number of nitrogens with one attached hydrogen (secondary N) is 4. The zero-order valence-electron chi connectivity index (χ0n) is 67.5. The van der Waals surface area contributed by atoms with Crippen LogP contribution in [0.5, 0.6) is 0 Å². The molecule has 12 aromatic rings. The Bertz CT molecular complexity index is 5860. The second-order valence-electron chi connectivity index (χ2n) is 30.4. The fraction of sp³-hybridized carbons (Fsp3) is 0.392. The third-order valence-electron chi connectivity index (χ3n) is 23.0. The van der Waals surface area contributed by atoms with Crippen molar-refractivity contribution in [2.24, 2.45) is 0 Å². The van der Waals surface area contributed by atoms with Gasteiger partial charge >= 0.3 is 53.4 Å². The molecule has 0 saturated carbocycles. The minimum absolute atomic E-state index is 0. The largest absolute Gasteiger partial charge is 1.00 e. The number of amides is 2. The summed E-state index contributed by atoms with van der Waals surface area (Å²) >= 11 is 0. The molecule has 6 bridgehead atoms. The third kappa shape index (κ3) is 17.3. The van der Waals surface area contributed by atoms with Gasteiger partial charge in [0.1, 0.15) is 53.5 Å². The number of aromatic nitrogens is 21. The first kappa shape index (κ1) is 86.7. The molecule has 628 valence electrons. The summed E-state index contributed by atoms with van der Waals surface area (Å²) < 4.78 is 19.0. The number of rotatable bonds is 15. The predicted octanol–water partition coefficient (Wildman–Crippen LogP) is 3.85. The number of aromatic amines is 3. The number of methoxy groups -OCH3 is 2. The number of hydrogen-bond acceptors (Lipinski definition) is 32. The summed E-state index contributed by atoms with van der Waals surface area (Å²) in [7, 11) is 2.61. The molecule has 0 aromatic carbocycles. The summed E-state index contributed by atoms with van der Waals surface area (Å²) in [6, 6.07) is 10.6. The number of esters is 2. The SMILES string of the molecule is CC(=O)c1c(C2C[C@H]3CC[C@@H](C2)N3C(=O)c2ncn[nH]2)nc2c(-c3ccc(C(=O)O)nc3)cnn2c1N.CC1CCCO1.COC(=O)c1ccc(-c2cnn3c(N)c(C(C)=O)c(C4C[C@H]5CC[C@@H](C4)N5)nc23)cn1.COC(=O)c1ccc(-c2cnn3c(N)c(C(C)=O)c(C4C[C@H]5CC[C@@H](C4)N5C(=O)c4ncn[nH]4)nc23)cn1.O=C(O)c1ncn[nH]1.[Na+].[OH-]. The third-order valence-corrected chi connectivity index (χ3v) is 23.0.